The van der Waals surface area contributed by atoms with Gasteiger partial charge in [-0.15, -0.1) is 35.5 Å². The zero-order chi connectivity index (χ0) is 14.1. The Kier molecular flexibility index (Phi) is 4.92. The predicted octanol–water partition coefficient (Wildman–Crippen LogP) is 3.09. The third kappa shape index (κ3) is 3.23. The number of hydrogen-bond acceptors (Lipinski definition) is 4. The average Bonchev–Trinajstić information content (AvgIpc) is 2.88. The molecule has 3 N–H and O–H groups in total. The number of thiophene rings is 1. The summed E-state index contributed by atoms with van der Waals surface area (Å²) < 4.78 is 1.06. The molecule has 0 atom stereocenters. The highest BCUT2D eigenvalue weighted by atomic mass is 35.5. The van der Waals surface area contributed by atoms with Crippen molar-refractivity contribution in [1.29, 1.82) is 5.41 Å². The molecule has 0 unspecified atom stereocenters. The van der Waals surface area contributed by atoms with E-state index in [1.807, 2.05) is 36.4 Å². The highest BCUT2D eigenvalue weighted by Crippen LogP contribution is 2.42. The van der Waals surface area contributed by atoms with Gasteiger partial charge in [-0.3, -0.25) is 10.2 Å². The number of nitrogens with zero attached hydrogens (tertiary/aromatic N) is 1. The average molecular weight is 340 g/mol. The second kappa shape index (κ2) is 6.51. The maximum atomic E-state index is 12.2. The number of hydrogen-bond donors (Lipinski definition) is 2. The number of anilines is 1. The molecule has 1 amide bonds. The lowest BCUT2D eigenvalue weighted by Gasteiger charge is -2.26. The van der Waals surface area contributed by atoms with Gasteiger partial charge >= 0.3 is 0 Å². The quantitative estimate of drug-likeness (QED) is 0.666. The number of thioether (sulfide) groups is 1. The summed E-state index contributed by atoms with van der Waals surface area (Å²) in [6, 6.07) is 11.7. The first-order valence-electron chi connectivity index (χ1n) is 6.10. The second-order valence-corrected chi connectivity index (χ2v) is 6.75. The summed E-state index contributed by atoms with van der Waals surface area (Å²) in [5, 5.41) is 7.53. The lowest BCUT2D eigenvalue weighted by molar-refractivity contribution is -0.116. The molecule has 110 valence electrons. The SMILES string of the molecule is Cl.N=C(N)c1cc2c(s1)SCC(=O)N2Cc1ccccc1. The van der Waals surface area contributed by atoms with E-state index in [9.17, 15) is 4.79 Å². The molecule has 4 nitrogen and oxygen atoms in total. The van der Waals surface area contributed by atoms with E-state index < -0.39 is 0 Å². The van der Waals surface area contributed by atoms with E-state index in [4.69, 9.17) is 11.1 Å². The van der Waals surface area contributed by atoms with E-state index in [0.717, 1.165) is 20.3 Å². The van der Waals surface area contributed by atoms with Gasteiger partial charge in [0, 0.05) is 0 Å². The zero-order valence-corrected chi connectivity index (χ0v) is 13.5. The molecule has 0 saturated carbocycles. The molecule has 0 fully saturated rings. The van der Waals surface area contributed by atoms with E-state index >= 15 is 0 Å². The number of nitrogens with one attached hydrogen (secondary N) is 1. The Balaban J connectivity index is 0.00000161. The number of nitrogen functional groups attached to an aromatic ring is 1. The molecule has 0 radical (unpaired) electrons. The number of nitrogens with two attached hydrogens (primary N) is 1. The van der Waals surface area contributed by atoms with Gasteiger partial charge in [0.1, 0.15) is 5.84 Å². The van der Waals surface area contributed by atoms with E-state index in [0.29, 0.717) is 12.3 Å². The van der Waals surface area contributed by atoms with Crippen LogP contribution in [-0.2, 0) is 11.3 Å². The van der Waals surface area contributed by atoms with Crippen molar-refractivity contribution in [2.45, 2.75) is 10.8 Å². The highest BCUT2D eigenvalue weighted by molar-refractivity contribution is 8.02. The Morgan fingerprint density at radius 3 is 2.71 bits per heavy atom. The van der Waals surface area contributed by atoms with Gasteiger partial charge in [0.15, 0.2) is 0 Å². The monoisotopic (exact) mass is 339 g/mol. The Morgan fingerprint density at radius 1 is 1.33 bits per heavy atom. The fourth-order valence-electron chi connectivity index (χ4n) is 2.07. The number of benzene rings is 1. The Bertz CT molecular complexity index is 672. The minimum absolute atomic E-state index is 0. The van der Waals surface area contributed by atoms with Crippen molar-refractivity contribution < 1.29 is 4.79 Å². The van der Waals surface area contributed by atoms with Gasteiger partial charge in [0.05, 0.1) is 27.1 Å². The fourth-order valence-corrected chi connectivity index (χ4v) is 4.23. The van der Waals surface area contributed by atoms with Crippen LogP contribution in [0.1, 0.15) is 10.4 Å². The predicted molar refractivity (Wildman–Crippen MR) is 90.9 cm³/mol. The summed E-state index contributed by atoms with van der Waals surface area (Å²) >= 11 is 3.00. The highest BCUT2D eigenvalue weighted by Gasteiger charge is 2.27. The molecule has 7 heteroatoms. The molecule has 1 aliphatic rings. The van der Waals surface area contributed by atoms with Crippen molar-refractivity contribution >= 4 is 52.9 Å². The van der Waals surface area contributed by atoms with Crippen LogP contribution in [0, 0.1) is 5.41 Å². The lowest BCUT2D eigenvalue weighted by Crippen LogP contribution is -2.34. The van der Waals surface area contributed by atoms with Crippen molar-refractivity contribution in [3.63, 3.8) is 0 Å². The maximum Gasteiger partial charge on any atom is 0.237 e. The standard InChI is InChI=1S/C14H13N3OS2.ClH/c15-13(16)11-6-10-14(20-11)19-8-12(18)17(10)7-9-4-2-1-3-5-9;/h1-6H,7-8H2,(H3,15,16);1H. The minimum Gasteiger partial charge on any atom is -0.383 e. The van der Waals surface area contributed by atoms with Gasteiger partial charge < -0.3 is 10.6 Å². The van der Waals surface area contributed by atoms with Crippen LogP contribution in [0.25, 0.3) is 0 Å². The van der Waals surface area contributed by atoms with Crippen LogP contribution in [0.4, 0.5) is 5.69 Å². The molecule has 0 bridgehead atoms. The van der Waals surface area contributed by atoms with Gasteiger partial charge in [-0.25, -0.2) is 0 Å². The van der Waals surface area contributed by atoms with E-state index in [1.54, 1.807) is 4.90 Å². The minimum atomic E-state index is 0. The van der Waals surface area contributed by atoms with Crippen molar-refractivity contribution in [2.24, 2.45) is 5.73 Å². The summed E-state index contributed by atoms with van der Waals surface area (Å²) in [4.78, 5) is 14.7. The maximum absolute atomic E-state index is 12.2. The molecule has 1 aromatic carbocycles. The largest absolute Gasteiger partial charge is 0.383 e. The number of halogens is 1. The summed E-state index contributed by atoms with van der Waals surface area (Å²) in [6.07, 6.45) is 0. The molecule has 2 aromatic rings. The fraction of sp³-hybridized carbons (Fsp3) is 0.143. The zero-order valence-electron chi connectivity index (χ0n) is 11.0. The molecular weight excluding hydrogens is 326 g/mol. The molecule has 2 heterocycles. The Hall–Kier alpha value is -1.50. The number of fused-ring (bicyclic) bond motifs is 1. The summed E-state index contributed by atoms with van der Waals surface area (Å²) in [5.74, 6) is 0.592. The topological polar surface area (TPSA) is 70.2 Å². The van der Waals surface area contributed by atoms with Gasteiger partial charge in [0.25, 0.3) is 0 Å². The molecule has 0 aliphatic carbocycles. The Morgan fingerprint density at radius 2 is 2.05 bits per heavy atom. The normalized spacial score (nSPS) is 13.5. The third-order valence-corrected chi connectivity index (χ3v) is 5.47. The van der Waals surface area contributed by atoms with Crippen LogP contribution in [-0.4, -0.2) is 17.5 Å². The molecule has 21 heavy (non-hydrogen) atoms. The van der Waals surface area contributed by atoms with E-state index in [-0.39, 0.29) is 24.1 Å². The number of amides is 1. The van der Waals surface area contributed by atoms with Gasteiger partial charge in [-0.05, 0) is 11.6 Å². The van der Waals surface area contributed by atoms with Crippen molar-refractivity contribution in [1.82, 2.24) is 0 Å². The number of carbonyl (C=O) groups is 1. The Labute approximate surface area is 137 Å². The molecule has 1 aliphatic heterocycles. The molecule has 1 aromatic heterocycles. The van der Waals surface area contributed by atoms with Crippen molar-refractivity contribution in [3.05, 3.63) is 46.8 Å². The summed E-state index contributed by atoms with van der Waals surface area (Å²) in [6.45, 7) is 0.557. The van der Waals surface area contributed by atoms with Crippen molar-refractivity contribution in [3.8, 4) is 0 Å². The van der Waals surface area contributed by atoms with Crippen LogP contribution in [0.2, 0.25) is 0 Å². The van der Waals surface area contributed by atoms with Crippen LogP contribution in [0.5, 0.6) is 0 Å². The number of rotatable bonds is 3. The summed E-state index contributed by atoms with van der Waals surface area (Å²) in [5.41, 5.74) is 7.51. The van der Waals surface area contributed by atoms with E-state index in [2.05, 4.69) is 0 Å². The van der Waals surface area contributed by atoms with Gasteiger partial charge in [-0.2, -0.15) is 0 Å². The lowest BCUT2D eigenvalue weighted by atomic mass is 10.2. The van der Waals surface area contributed by atoms with Crippen molar-refractivity contribution in [2.75, 3.05) is 10.7 Å². The first-order valence-corrected chi connectivity index (χ1v) is 7.90. The number of amidine groups is 1. The molecule has 0 saturated heterocycles. The van der Waals surface area contributed by atoms with Gasteiger partial charge in [-0.1, -0.05) is 30.3 Å². The van der Waals surface area contributed by atoms with Crippen LogP contribution >= 0.6 is 35.5 Å². The van der Waals surface area contributed by atoms with Crippen LogP contribution < -0.4 is 10.6 Å². The first-order chi connectivity index (χ1) is 9.65. The molecule has 0 spiro atoms. The summed E-state index contributed by atoms with van der Waals surface area (Å²) in [7, 11) is 0. The van der Waals surface area contributed by atoms with Crippen LogP contribution in [0.3, 0.4) is 0 Å². The smallest absolute Gasteiger partial charge is 0.237 e. The van der Waals surface area contributed by atoms with Gasteiger partial charge in [0.2, 0.25) is 5.91 Å². The molecule has 3 rings (SSSR count). The second-order valence-electron chi connectivity index (χ2n) is 4.45. The van der Waals surface area contributed by atoms with Crippen LogP contribution in [0.15, 0.2) is 40.6 Å². The molecular formula is C14H14ClN3OS2. The van der Waals surface area contributed by atoms with E-state index in [1.165, 1.54) is 23.1 Å². The third-order valence-electron chi connectivity index (χ3n) is 3.05. The first kappa shape index (κ1) is 15.9. The number of carbonyl (C=O) groups excluding carboxylic acids is 1.